The minimum atomic E-state index is -0.0750. The summed E-state index contributed by atoms with van der Waals surface area (Å²) in [6, 6.07) is 7.87. The predicted octanol–water partition coefficient (Wildman–Crippen LogP) is 6.24. The third-order valence-corrected chi connectivity index (χ3v) is 5.50. The van der Waals surface area contributed by atoms with Gasteiger partial charge < -0.3 is 10.1 Å². The van der Waals surface area contributed by atoms with E-state index in [2.05, 4.69) is 35.9 Å². The molecule has 3 rings (SSSR count). The summed E-state index contributed by atoms with van der Waals surface area (Å²) < 4.78 is 6.08. The third kappa shape index (κ3) is 6.05. The van der Waals surface area contributed by atoms with Crippen LogP contribution < -0.4 is 10.1 Å². The number of aromatic nitrogens is 1. The Morgan fingerprint density at radius 2 is 2.10 bits per heavy atom. The lowest BCUT2D eigenvalue weighted by atomic mass is 10.0. The summed E-state index contributed by atoms with van der Waals surface area (Å²) in [5.74, 6) is 1.79. The van der Waals surface area contributed by atoms with Crippen molar-refractivity contribution >= 4 is 17.3 Å². The number of ether oxygens (including phenoxy) is 1. The van der Waals surface area contributed by atoms with Crippen molar-refractivity contribution in [3.8, 4) is 16.9 Å². The number of aryl methyl sites for hydroxylation is 1. The molecule has 1 aliphatic carbocycles. The van der Waals surface area contributed by atoms with Crippen molar-refractivity contribution in [3.63, 3.8) is 0 Å². The lowest BCUT2D eigenvalue weighted by molar-refractivity contribution is 0.300. The van der Waals surface area contributed by atoms with E-state index in [1.807, 2.05) is 31.2 Å². The molecule has 1 fully saturated rings. The molecule has 1 heterocycles. The zero-order valence-corrected chi connectivity index (χ0v) is 18.7. The topological polar surface area (TPSA) is 63.6 Å². The maximum absolute atomic E-state index is 10.8. The summed E-state index contributed by atoms with van der Waals surface area (Å²) in [7, 11) is 0. The molecule has 1 aromatic heterocycles. The molecule has 6 heteroatoms. The Morgan fingerprint density at radius 1 is 1.33 bits per heavy atom. The van der Waals surface area contributed by atoms with E-state index < -0.39 is 0 Å². The number of nitroso groups, excluding NO2 is 1. The van der Waals surface area contributed by atoms with Crippen molar-refractivity contribution < 1.29 is 4.74 Å². The molecule has 1 atom stereocenters. The van der Waals surface area contributed by atoms with Crippen LogP contribution in [0.4, 0.5) is 0 Å². The largest absolute Gasteiger partial charge is 0.491 e. The SMILES string of the molecule is C=C(N[C@H](CN=O)CC(C)C)c1cc(-c2ccc(C)cc2Cl)c(OCC2CC2)cn1. The normalized spacial score (nSPS) is 14.4. The summed E-state index contributed by atoms with van der Waals surface area (Å²) >= 11 is 6.56. The third-order valence-electron chi connectivity index (χ3n) is 5.19. The molecule has 1 saturated carbocycles. The monoisotopic (exact) mass is 427 g/mol. The summed E-state index contributed by atoms with van der Waals surface area (Å²) in [5, 5.41) is 7.06. The predicted molar refractivity (Wildman–Crippen MR) is 124 cm³/mol. The van der Waals surface area contributed by atoms with Crippen LogP contribution in [0.2, 0.25) is 5.02 Å². The highest BCUT2D eigenvalue weighted by Gasteiger charge is 2.23. The second kappa shape index (κ2) is 10.1. The van der Waals surface area contributed by atoms with Crippen LogP contribution in [-0.4, -0.2) is 24.2 Å². The van der Waals surface area contributed by atoms with Gasteiger partial charge in [0.15, 0.2) is 0 Å². The molecule has 0 unspecified atom stereocenters. The van der Waals surface area contributed by atoms with Gasteiger partial charge in [-0.15, -0.1) is 0 Å². The lowest BCUT2D eigenvalue weighted by Gasteiger charge is -2.21. The smallest absolute Gasteiger partial charge is 0.145 e. The van der Waals surface area contributed by atoms with Crippen LogP contribution in [0.1, 0.15) is 44.4 Å². The molecule has 1 aliphatic rings. The average Bonchev–Trinajstić information content (AvgIpc) is 3.50. The number of hydrogen-bond donors (Lipinski definition) is 1. The van der Waals surface area contributed by atoms with Crippen LogP contribution in [0.3, 0.4) is 0 Å². The van der Waals surface area contributed by atoms with Crippen LogP contribution in [0.15, 0.2) is 42.2 Å². The van der Waals surface area contributed by atoms with Gasteiger partial charge >= 0.3 is 0 Å². The maximum atomic E-state index is 10.8. The van der Waals surface area contributed by atoms with Crippen LogP contribution >= 0.6 is 11.6 Å². The van der Waals surface area contributed by atoms with Gasteiger partial charge in [-0.2, -0.15) is 4.91 Å². The Bertz CT molecular complexity index is 909. The van der Waals surface area contributed by atoms with Gasteiger partial charge in [0.05, 0.1) is 24.2 Å². The highest BCUT2D eigenvalue weighted by molar-refractivity contribution is 6.33. The summed E-state index contributed by atoms with van der Waals surface area (Å²) in [6.07, 6.45) is 5.00. The molecule has 1 aromatic carbocycles. The van der Waals surface area contributed by atoms with Gasteiger partial charge in [0.1, 0.15) is 12.3 Å². The molecular weight excluding hydrogens is 398 g/mol. The Morgan fingerprint density at radius 3 is 2.73 bits per heavy atom. The van der Waals surface area contributed by atoms with Gasteiger partial charge in [-0.3, -0.25) is 4.98 Å². The quantitative estimate of drug-likeness (QED) is 0.431. The summed E-state index contributed by atoms with van der Waals surface area (Å²) in [5.41, 5.74) is 4.24. The standard InChI is InChI=1S/C24H30ClN3O2/c1-15(2)9-19(12-27-29)28-17(4)23-11-21(20-8-5-16(3)10-22(20)25)24(13-26-23)30-14-18-6-7-18/h5,8,10-11,13,15,18-19,28H,4,6-7,9,12,14H2,1-3H3/t19-/m0/s1. The zero-order chi connectivity index (χ0) is 21.7. The number of benzene rings is 1. The van der Waals surface area contributed by atoms with E-state index in [0.717, 1.165) is 28.9 Å². The van der Waals surface area contributed by atoms with E-state index in [9.17, 15) is 4.91 Å². The minimum Gasteiger partial charge on any atom is -0.491 e. The number of nitrogens with zero attached hydrogens (tertiary/aromatic N) is 2. The first kappa shape index (κ1) is 22.3. The molecule has 30 heavy (non-hydrogen) atoms. The summed E-state index contributed by atoms with van der Waals surface area (Å²) in [6.45, 7) is 11.3. The first-order valence-electron chi connectivity index (χ1n) is 10.5. The van der Waals surface area contributed by atoms with E-state index in [1.54, 1.807) is 6.20 Å². The molecule has 0 amide bonds. The zero-order valence-electron chi connectivity index (χ0n) is 18.0. The van der Waals surface area contributed by atoms with Crippen molar-refractivity contribution in [2.24, 2.45) is 17.0 Å². The first-order chi connectivity index (χ1) is 14.4. The van der Waals surface area contributed by atoms with Crippen molar-refractivity contribution in [2.45, 2.75) is 46.1 Å². The summed E-state index contributed by atoms with van der Waals surface area (Å²) in [4.78, 5) is 15.4. The molecule has 0 aliphatic heterocycles. The van der Waals surface area contributed by atoms with Gasteiger partial charge in [0.2, 0.25) is 0 Å². The Labute approximate surface area is 183 Å². The Hall–Kier alpha value is -2.40. The van der Waals surface area contributed by atoms with E-state index in [4.69, 9.17) is 16.3 Å². The van der Waals surface area contributed by atoms with E-state index >= 15 is 0 Å². The maximum Gasteiger partial charge on any atom is 0.145 e. The van der Waals surface area contributed by atoms with Crippen LogP contribution in [0.25, 0.3) is 16.8 Å². The lowest BCUT2D eigenvalue weighted by Crippen LogP contribution is -2.31. The van der Waals surface area contributed by atoms with Gasteiger partial charge in [0.25, 0.3) is 0 Å². The number of halogens is 1. The molecule has 0 saturated heterocycles. The fourth-order valence-electron chi connectivity index (χ4n) is 3.42. The van der Waals surface area contributed by atoms with Crippen molar-refractivity contribution in [2.75, 3.05) is 13.2 Å². The number of nitrogens with one attached hydrogen (secondary N) is 1. The molecule has 0 radical (unpaired) electrons. The van der Waals surface area contributed by atoms with Gasteiger partial charge in [0, 0.05) is 22.2 Å². The molecule has 2 aromatic rings. The average molecular weight is 428 g/mol. The van der Waals surface area contributed by atoms with E-state index in [-0.39, 0.29) is 12.6 Å². The highest BCUT2D eigenvalue weighted by atomic mass is 35.5. The van der Waals surface area contributed by atoms with E-state index in [0.29, 0.717) is 34.9 Å². The van der Waals surface area contributed by atoms with E-state index in [1.165, 1.54) is 12.8 Å². The number of hydrogen-bond acceptors (Lipinski definition) is 5. The van der Waals surface area contributed by atoms with Gasteiger partial charge in [-0.1, -0.05) is 49.3 Å². The van der Waals surface area contributed by atoms with Gasteiger partial charge in [-0.05, 0) is 55.7 Å². The minimum absolute atomic E-state index is 0.0750. The second-order valence-electron chi connectivity index (χ2n) is 8.56. The van der Waals surface area contributed by atoms with Crippen LogP contribution in [-0.2, 0) is 0 Å². The molecule has 0 bridgehead atoms. The van der Waals surface area contributed by atoms with Crippen molar-refractivity contribution in [1.82, 2.24) is 10.3 Å². The Balaban J connectivity index is 1.89. The molecule has 1 N–H and O–H groups in total. The van der Waals surface area contributed by atoms with Crippen molar-refractivity contribution in [3.05, 3.63) is 58.2 Å². The molecule has 160 valence electrons. The van der Waals surface area contributed by atoms with Crippen molar-refractivity contribution in [1.29, 1.82) is 0 Å². The fourth-order valence-corrected chi connectivity index (χ4v) is 3.76. The Kier molecular flexibility index (Phi) is 7.48. The second-order valence-corrected chi connectivity index (χ2v) is 8.97. The number of pyridine rings is 1. The van der Waals surface area contributed by atoms with Crippen LogP contribution in [0, 0.1) is 23.7 Å². The molecule has 0 spiro atoms. The van der Waals surface area contributed by atoms with Crippen LogP contribution in [0.5, 0.6) is 5.75 Å². The number of rotatable bonds is 11. The first-order valence-corrected chi connectivity index (χ1v) is 10.9. The molecular formula is C24H30ClN3O2. The van der Waals surface area contributed by atoms with Gasteiger partial charge in [-0.25, -0.2) is 0 Å². The highest BCUT2D eigenvalue weighted by Crippen LogP contribution is 2.38. The molecule has 5 nitrogen and oxygen atoms in total. The fraction of sp³-hybridized carbons (Fsp3) is 0.458.